The van der Waals surface area contributed by atoms with Crippen molar-refractivity contribution in [2.24, 2.45) is 0 Å². The number of carbonyl (C=O) groups excluding carboxylic acids is 2. The molecule has 0 amide bonds. The van der Waals surface area contributed by atoms with Crippen LogP contribution in [0.15, 0.2) is 48.6 Å². The van der Waals surface area contributed by atoms with Crippen molar-refractivity contribution in [1.82, 2.24) is 0 Å². The number of ether oxygens (including phenoxy) is 2. The maximum atomic E-state index is 12.8. The van der Waals surface area contributed by atoms with Gasteiger partial charge < -0.3 is 39.9 Å². The summed E-state index contributed by atoms with van der Waals surface area (Å²) in [5, 5.41) is 50.1. The molecule has 354 valence electrons. The molecule has 0 aliphatic heterocycles. The molecule has 0 aromatic carbocycles. The van der Waals surface area contributed by atoms with Crippen LogP contribution in [0.1, 0.15) is 181 Å². The van der Waals surface area contributed by atoms with Gasteiger partial charge in [0.05, 0.1) is 6.61 Å². The number of hydrogen-bond acceptors (Lipinski definition) is 12. The first-order valence-electron chi connectivity index (χ1n) is 23.4. The van der Waals surface area contributed by atoms with Crippen molar-refractivity contribution in [1.29, 1.82) is 0 Å². The van der Waals surface area contributed by atoms with Gasteiger partial charge in [-0.05, 0) is 51.4 Å². The first kappa shape index (κ1) is 56.8. The van der Waals surface area contributed by atoms with Gasteiger partial charge in [-0.3, -0.25) is 18.6 Å². The smallest absolute Gasteiger partial charge is 0.462 e. The summed E-state index contributed by atoms with van der Waals surface area (Å²) in [6, 6.07) is 0. The Morgan fingerprint density at radius 2 is 0.934 bits per heavy atom. The van der Waals surface area contributed by atoms with Crippen LogP contribution in [0, 0.1) is 0 Å². The van der Waals surface area contributed by atoms with Crippen molar-refractivity contribution in [3.05, 3.63) is 48.6 Å². The first-order chi connectivity index (χ1) is 29.4. The minimum atomic E-state index is -5.13. The number of esters is 2. The second-order valence-electron chi connectivity index (χ2n) is 16.2. The van der Waals surface area contributed by atoms with Crippen LogP contribution >= 0.6 is 7.82 Å². The zero-order chi connectivity index (χ0) is 45.0. The second kappa shape index (κ2) is 37.2. The monoisotopic (exact) mass is 887 g/mol. The highest BCUT2D eigenvalue weighted by Gasteiger charge is 2.51. The molecule has 0 aromatic heterocycles. The van der Waals surface area contributed by atoms with Gasteiger partial charge >= 0.3 is 19.8 Å². The Labute approximate surface area is 367 Å². The Kier molecular flexibility index (Phi) is 34.7. The topological polar surface area (TPSA) is 210 Å². The molecule has 1 fully saturated rings. The lowest BCUT2D eigenvalue weighted by molar-refractivity contribution is -0.220. The summed E-state index contributed by atoms with van der Waals surface area (Å²) in [4.78, 5) is 35.7. The molecular weight excluding hydrogens is 803 g/mol. The van der Waals surface area contributed by atoms with Crippen LogP contribution in [0.25, 0.3) is 0 Å². The van der Waals surface area contributed by atoms with E-state index in [1.807, 2.05) is 0 Å². The lowest BCUT2D eigenvalue weighted by atomic mass is 9.85. The van der Waals surface area contributed by atoms with E-state index in [-0.39, 0.29) is 12.8 Å². The first-order valence-corrected chi connectivity index (χ1v) is 24.9. The highest BCUT2D eigenvalue weighted by Crippen LogP contribution is 2.47. The summed E-state index contributed by atoms with van der Waals surface area (Å²) >= 11 is 0. The lowest BCUT2D eigenvalue weighted by Gasteiger charge is -2.41. The van der Waals surface area contributed by atoms with Crippen molar-refractivity contribution in [3.63, 3.8) is 0 Å². The van der Waals surface area contributed by atoms with Gasteiger partial charge in [-0.1, -0.05) is 165 Å². The Hall–Kier alpha value is -2.19. The molecule has 0 saturated heterocycles. The third-order valence-corrected chi connectivity index (χ3v) is 11.7. The molecule has 6 N–H and O–H groups in total. The van der Waals surface area contributed by atoms with E-state index in [0.717, 1.165) is 57.8 Å². The quantitative estimate of drug-likeness (QED) is 0.0148. The van der Waals surface area contributed by atoms with Gasteiger partial charge in [0.25, 0.3) is 0 Å². The van der Waals surface area contributed by atoms with Gasteiger partial charge in [0.15, 0.2) is 6.10 Å². The summed E-state index contributed by atoms with van der Waals surface area (Å²) in [5.74, 6) is -1.15. The number of unbranched alkanes of at least 4 members (excludes halogenated alkanes) is 18. The summed E-state index contributed by atoms with van der Waals surface area (Å²) in [7, 11) is -5.13. The average molecular weight is 887 g/mol. The van der Waals surface area contributed by atoms with Gasteiger partial charge in [0.1, 0.15) is 43.2 Å². The van der Waals surface area contributed by atoms with E-state index in [1.165, 1.54) is 83.5 Å². The van der Waals surface area contributed by atoms with Gasteiger partial charge in [0.2, 0.25) is 0 Å². The third kappa shape index (κ3) is 29.7. The van der Waals surface area contributed by atoms with Crippen LogP contribution in [-0.2, 0) is 32.7 Å². The molecule has 0 heterocycles. The molecule has 0 radical (unpaired) electrons. The van der Waals surface area contributed by atoms with Crippen molar-refractivity contribution in [2.75, 3.05) is 13.2 Å². The van der Waals surface area contributed by atoms with Crippen LogP contribution in [0.2, 0.25) is 0 Å². The Morgan fingerprint density at radius 3 is 1.43 bits per heavy atom. The van der Waals surface area contributed by atoms with Crippen LogP contribution in [0.4, 0.5) is 0 Å². The van der Waals surface area contributed by atoms with E-state index in [1.54, 1.807) is 0 Å². The zero-order valence-corrected chi connectivity index (χ0v) is 38.3. The number of aliphatic hydroxyl groups is 5. The molecule has 0 aromatic rings. The number of aliphatic hydroxyl groups excluding tert-OH is 5. The number of hydrogen-bond donors (Lipinski definition) is 6. The largest absolute Gasteiger partial charge is 0.472 e. The summed E-state index contributed by atoms with van der Waals surface area (Å²) in [6.45, 7) is 3.16. The lowest BCUT2D eigenvalue weighted by Crippen LogP contribution is -2.64. The fourth-order valence-electron chi connectivity index (χ4n) is 6.93. The number of rotatable bonds is 38. The SMILES string of the molecule is CC/C=C\C/C=C\C/C=C\C/C=C\CCCCC(=O)O[C@H](COC(=O)CCCCCCCCCCCCCCCCCCC)COP(=O)(O)OC1C(O)C(O)C(O)[C@@H](O)C1O. The molecule has 6 unspecified atom stereocenters. The number of phosphoric ester groups is 1. The van der Waals surface area contributed by atoms with E-state index in [4.69, 9.17) is 18.5 Å². The molecular formula is C47H83O13P. The highest BCUT2D eigenvalue weighted by atomic mass is 31.2. The molecule has 1 aliphatic rings. The van der Waals surface area contributed by atoms with E-state index in [0.29, 0.717) is 12.8 Å². The summed E-state index contributed by atoms with van der Waals surface area (Å²) in [5.41, 5.74) is 0. The van der Waals surface area contributed by atoms with Crippen LogP contribution < -0.4 is 0 Å². The Morgan fingerprint density at radius 1 is 0.525 bits per heavy atom. The molecule has 1 aliphatic carbocycles. The standard InChI is InChI=1S/C47H83O13P/c1-3-5-7-9-11-13-15-17-19-20-22-23-25-27-29-31-33-35-40(48)57-37-39(38-58-61(55,56)60-47-45(53)43(51)42(50)44(52)46(47)54)59-41(49)36-34-32-30-28-26-24-21-18-16-14-12-10-8-6-4-2/h6,8,12,14,18,21,26,28,39,42-47,50-54H,3-5,7,9-11,13,15-17,19-20,22-25,27,29-38H2,1-2H3,(H,55,56)/b8-6-,14-12-,21-18-,28-26-/t39-,42?,43-,44?,45?,46?,47?/m1/s1. The highest BCUT2D eigenvalue weighted by molar-refractivity contribution is 7.47. The number of phosphoric acid groups is 1. The third-order valence-electron chi connectivity index (χ3n) is 10.7. The summed E-state index contributed by atoms with van der Waals surface area (Å²) in [6.07, 6.45) is 30.3. The van der Waals surface area contributed by atoms with E-state index in [2.05, 4.69) is 62.5 Å². The van der Waals surface area contributed by atoms with E-state index in [9.17, 15) is 44.6 Å². The number of allylic oxidation sites excluding steroid dienone is 8. The maximum absolute atomic E-state index is 12.8. The molecule has 61 heavy (non-hydrogen) atoms. The van der Waals surface area contributed by atoms with Gasteiger partial charge in [0, 0.05) is 12.8 Å². The normalized spacial score (nSPS) is 22.4. The predicted octanol–water partition coefficient (Wildman–Crippen LogP) is 9.17. The molecule has 1 saturated carbocycles. The van der Waals surface area contributed by atoms with Gasteiger partial charge in [-0.25, -0.2) is 4.57 Å². The Balaban J connectivity index is 2.47. The van der Waals surface area contributed by atoms with Crippen molar-refractivity contribution in [2.45, 2.75) is 224 Å². The number of carbonyl (C=O) groups is 2. The van der Waals surface area contributed by atoms with Gasteiger partial charge in [-0.2, -0.15) is 0 Å². The van der Waals surface area contributed by atoms with Crippen LogP contribution in [0.5, 0.6) is 0 Å². The average Bonchev–Trinajstić information content (AvgIpc) is 3.24. The fraction of sp³-hybridized carbons (Fsp3) is 0.787. The minimum absolute atomic E-state index is 0.0447. The van der Waals surface area contributed by atoms with E-state index < -0.39 is 75.7 Å². The zero-order valence-electron chi connectivity index (χ0n) is 37.4. The van der Waals surface area contributed by atoms with Crippen molar-refractivity contribution >= 4 is 19.8 Å². The second-order valence-corrected chi connectivity index (χ2v) is 17.6. The predicted molar refractivity (Wildman–Crippen MR) is 239 cm³/mol. The van der Waals surface area contributed by atoms with Crippen molar-refractivity contribution in [3.8, 4) is 0 Å². The van der Waals surface area contributed by atoms with Crippen LogP contribution in [0.3, 0.4) is 0 Å². The minimum Gasteiger partial charge on any atom is -0.462 e. The molecule has 14 heteroatoms. The van der Waals surface area contributed by atoms with Crippen molar-refractivity contribution < 1.29 is 63.1 Å². The van der Waals surface area contributed by atoms with Gasteiger partial charge in [-0.15, -0.1) is 0 Å². The molecule has 0 spiro atoms. The maximum Gasteiger partial charge on any atom is 0.472 e. The molecule has 8 atom stereocenters. The molecule has 13 nitrogen and oxygen atoms in total. The Bertz CT molecular complexity index is 1250. The molecule has 1 rings (SSSR count). The summed E-state index contributed by atoms with van der Waals surface area (Å²) < 4.78 is 33.5. The van der Waals surface area contributed by atoms with E-state index >= 15 is 0 Å². The fourth-order valence-corrected chi connectivity index (χ4v) is 7.90. The molecule has 0 bridgehead atoms. The van der Waals surface area contributed by atoms with Crippen LogP contribution in [-0.4, -0.2) is 98.3 Å².